The van der Waals surface area contributed by atoms with Gasteiger partial charge in [-0.05, 0) is 54.6 Å². The van der Waals surface area contributed by atoms with Crippen LogP contribution in [0.5, 0.6) is 0 Å². The lowest BCUT2D eigenvalue weighted by Crippen LogP contribution is -2.46. The van der Waals surface area contributed by atoms with Crippen molar-refractivity contribution in [2.45, 2.75) is 79.1 Å². The third-order valence-electron chi connectivity index (χ3n) is 9.15. The maximum Gasteiger partial charge on any atom is 0.317 e. The minimum Gasteiger partial charge on any atom is -0.465 e. The topological polar surface area (TPSA) is 60.4 Å². The van der Waals surface area contributed by atoms with E-state index in [2.05, 4.69) is 19.9 Å². The molecule has 4 atom stereocenters. The van der Waals surface area contributed by atoms with Crippen LogP contribution in [-0.2, 0) is 19.1 Å². The zero-order valence-corrected chi connectivity index (χ0v) is 19.3. The maximum absolute atomic E-state index is 13.4. The average Bonchev–Trinajstić information content (AvgIpc) is 3.16. The summed E-state index contributed by atoms with van der Waals surface area (Å²) in [7, 11) is 0. The normalized spacial score (nSPS) is 38.9. The summed E-state index contributed by atoms with van der Waals surface area (Å²) in [6.07, 6.45) is 10.3. The van der Waals surface area contributed by atoms with Gasteiger partial charge in [0.1, 0.15) is 17.5 Å². The van der Waals surface area contributed by atoms with Crippen molar-refractivity contribution in [1.82, 2.24) is 0 Å². The largest absolute Gasteiger partial charge is 0.465 e. The van der Waals surface area contributed by atoms with Crippen LogP contribution < -0.4 is 0 Å². The Morgan fingerprint density at radius 1 is 1.13 bits per heavy atom. The molecule has 0 bridgehead atoms. The zero-order valence-electron chi connectivity index (χ0n) is 19.3. The molecule has 2 unspecified atom stereocenters. The molecule has 1 spiro atoms. The predicted molar refractivity (Wildman–Crippen MR) is 118 cm³/mol. The van der Waals surface area contributed by atoms with Crippen LogP contribution in [0.3, 0.4) is 0 Å². The van der Waals surface area contributed by atoms with E-state index < -0.39 is 11.3 Å². The molecule has 4 nitrogen and oxygen atoms in total. The van der Waals surface area contributed by atoms with Gasteiger partial charge in [-0.3, -0.25) is 14.4 Å². The van der Waals surface area contributed by atoms with Crippen molar-refractivity contribution < 1.29 is 19.1 Å². The van der Waals surface area contributed by atoms with Gasteiger partial charge in [0.15, 0.2) is 0 Å². The Kier molecular flexibility index (Phi) is 4.56. The second kappa shape index (κ2) is 6.76. The van der Waals surface area contributed by atoms with E-state index in [4.69, 9.17) is 4.74 Å². The summed E-state index contributed by atoms with van der Waals surface area (Å²) in [4.78, 5) is 39.0. The molecule has 5 aliphatic rings. The quantitative estimate of drug-likeness (QED) is 0.459. The Morgan fingerprint density at radius 3 is 2.65 bits per heavy atom. The number of hydrogen-bond acceptors (Lipinski definition) is 4. The van der Waals surface area contributed by atoms with E-state index in [1.54, 1.807) is 0 Å². The Hall–Kier alpha value is -1.97. The van der Waals surface area contributed by atoms with Crippen molar-refractivity contribution in [1.29, 1.82) is 0 Å². The van der Waals surface area contributed by atoms with Crippen molar-refractivity contribution in [2.75, 3.05) is 6.61 Å². The standard InChI is InChI=1S/C27H34O4/c1-16(2)15-31-24(30)19-14-17-13-18(28)5-11-26(17,4)20-7-12-27-21(23(19)20)6-9-25(27,3)10-8-22(27)29/h6,14,16,19H,5,7-13,15H2,1-4H3/t19-,25+,26?,27?/m1/s1. The molecule has 2 fully saturated rings. The molecule has 0 N–H and O–H groups in total. The van der Waals surface area contributed by atoms with Crippen molar-refractivity contribution in [3.05, 3.63) is 34.4 Å². The number of hydrogen-bond donors (Lipinski definition) is 0. The molecular formula is C27H34O4. The summed E-state index contributed by atoms with van der Waals surface area (Å²) >= 11 is 0. The lowest BCUT2D eigenvalue weighted by atomic mass is 9.51. The first-order valence-corrected chi connectivity index (χ1v) is 12.0. The van der Waals surface area contributed by atoms with Crippen LogP contribution in [0.4, 0.5) is 0 Å². The number of ether oxygens (including phenoxy) is 1. The summed E-state index contributed by atoms with van der Waals surface area (Å²) in [5.41, 5.74) is 3.93. The molecule has 0 aromatic carbocycles. The van der Waals surface area contributed by atoms with Crippen LogP contribution in [0.15, 0.2) is 34.4 Å². The summed E-state index contributed by atoms with van der Waals surface area (Å²) in [5.74, 6) is 0.150. The fraction of sp³-hybridized carbons (Fsp3) is 0.667. The lowest BCUT2D eigenvalue weighted by Gasteiger charge is -2.51. The van der Waals surface area contributed by atoms with E-state index in [1.165, 1.54) is 5.57 Å². The van der Waals surface area contributed by atoms with E-state index in [0.29, 0.717) is 31.7 Å². The Labute approximate surface area is 185 Å². The third kappa shape index (κ3) is 2.69. The lowest BCUT2D eigenvalue weighted by molar-refractivity contribution is -0.147. The molecule has 0 heterocycles. The van der Waals surface area contributed by atoms with Crippen molar-refractivity contribution >= 4 is 17.5 Å². The molecule has 166 valence electrons. The molecule has 5 aliphatic carbocycles. The average molecular weight is 423 g/mol. The van der Waals surface area contributed by atoms with Crippen LogP contribution in [0.1, 0.15) is 79.1 Å². The molecule has 4 heteroatoms. The SMILES string of the molecule is CC(C)COC(=O)[C@@H]1C=C2CC(=O)CCC2(C)C2=C1C1=CC[C@@]3(C)CCC(=O)C13CC2. The van der Waals surface area contributed by atoms with Gasteiger partial charge in [-0.2, -0.15) is 0 Å². The number of carbonyl (C=O) groups excluding carboxylic acids is 3. The highest BCUT2D eigenvalue weighted by Gasteiger charge is 2.65. The van der Waals surface area contributed by atoms with E-state index >= 15 is 0 Å². The molecule has 31 heavy (non-hydrogen) atoms. The summed E-state index contributed by atoms with van der Waals surface area (Å²) in [5, 5.41) is 0. The molecule has 0 aromatic heterocycles. The van der Waals surface area contributed by atoms with Gasteiger partial charge in [0, 0.05) is 24.7 Å². The molecule has 2 saturated carbocycles. The molecule has 0 radical (unpaired) electrons. The first-order chi connectivity index (χ1) is 14.6. The number of Topliss-reactive ketones (excluding diaryl/α,β-unsaturated/α-hetero) is 2. The van der Waals surface area contributed by atoms with Gasteiger partial charge in [0.05, 0.1) is 12.0 Å². The van der Waals surface area contributed by atoms with Gasteiger partial charge in [-0.25, -0.2) is 0 Å². The van der Waals surface area contributed by atoms with Gasteiger partial charge >= 0.3 is 5.97 Å². The minimum absolute atomic E-state index is 0.0300. The van der Waals surface area contributed by atoms with E-state index in [-0.39, 0.29) is 28.5 Å². The van der Waals surface area contributed by atoms with Gasteiger partial charge in [-0.15, -0.1) is 0 Å². The molecular weight excluding hydrogens is 388 g/mol. The second-order valence-electron chi connectivity index (χ2n) is 11.3. The monoisotopic (exact) mass is 422 g/mol. The molecule has 0 saturated heterocycles. The Morgan fingerprint density at radius 2 is 1.90 bits per heavy atom. The van der Waals surface area contributed by atoms with Gasteiger partial charge in [0.25, 0.3) is 0 Å². The number of ketones is 2. The highest BCUT2D eigenvalue weighted by molar-refractivity contribution is 5.96. The van der Waals surface area contributed by atoms with E-state index in [0.717, 1.165) is 48.8 Å². The van der Waals surface area contributed by atoms with E-state index in [1.807, 2.05) is 19.9 Å². The van der Waals surface area contributed by atoms with Gasteiger partial charge < -0.3 is 4.74 Å². The Bertz CT molecular complexity index is 979. The third-order valence-corrected chi connectivity index (χ3v) is 9.15. The van der Waals surface area contributed by atoms with Gasteiger partial charge in [0.2, 0.25) is 0 Å². The number of allylic oxidation sites excluding steroid dienone is 4. The number of rotatable bonds is 3. The first kappa shape index (κ1) is 20.9. The highest BCUT2D eigenvalue weighted by atomic mass is 16.5. The predicted octanol–water partition coefficient (Wildman–Crippen LogP) is 5.28. The van der Waals surface area contributed by atoms with Crippen LogP contribution in [0.25, 0.3) is 0 Å². The number of esters is 1. The zero-order chi connectivity index (χ0) is 22.2. The second-order valence-corrected chi connectivity index (χ2v) is 11.3. The molecule has 5 rings (SSSR count). The van der Waals surface area contributed by atoms with Crippen LogP contribution >= 0.6 is 0 Å². The van der Waals surface area contributed by atoms with Crippen molar-refractivity contribution in [2.24, 2.45) is 28.1 Å². The summed E-state index contributed by atoms with van der Waals surface area (Å²) < 4.78 is 5.73. The van der Waals surface area contributed by atoms with Crippen molar-refractivity contribution in [3.8, 4) is 0 Å². The maximum atomic E-state index is 13.4. The molecule has 0 amide bonds. The van der Waals surface area contributed by atoms with Crippen LogP contribution in [-0.4, -0.2) is 24.1 Å². The summed E-state index contributed by atoms with van der Waals surface area (Å²) in [6.45, 7) is 8.97. The van der Waals surface area contributed by atoms with Gasteiger partial charge in [-0.1, -0.05) is 51.0 Å². The molecule has 0 aliphatic heterocycles. The fourth-order valence-electron chi connectivity index (χ4n) is 7.30. The minimum atomic E-state index is -0.498. The number of carbonyl (C=O) groups is 3. The molecule has 0 aromatic rings. The number of fused-ring (bicyclic) bond motifs is 3. The highest BCUT2D eigenvalue weighted by Crippen LogP contribution is 2.70. The van der Waals surface area contributed by atoms with Crippen LogP contribution in [0.2, 0.25) is 0 Å². The van der Waals surface area contributed by atoms with E-state index in [9.17, 15) is 14.4 Å². The smallest absolute Gasteiger partial charge is 0.317 e. The Balaban J connectivity index is 1.65. The van der Waals surface area contributed by atoms with Crippen molar-refractivity contribution in [3.63, 3.8) is 0 Å². The summed E-state index contributed by atoms with van der Waals surface area (Å²) in [6, 6.07) is 0. The van der Waals surface area contributed by atoms with Crippen LogP contribution in [0, 0.1) is 28.1 Å². The first-order valence-electron chi connectivity index (χ1n) is 12.0. The fourth-order valence-corrected chi connectivity index (χ4v) is 7.30.